The molecule has 1 N–H and O–H groups in total. The number of hydrogen-bond acceptors (Lipinski definition) is 7. The molecule has 9 heteroatoms. The van der Waals surface area contributed by atoms with Crippen LogP contribution in [0.4, 0.5) is 0 Å². The van der Waals surface area contributed by atoms with Gasteiger partial charge in [-0.25, -0.2) is 4.68 Å². The van der Waals surface area contributed by atoms with Crippen LogP contribution >= 0.6 is 0 Å². The lowest BCUT2D eigenvalue weighted by atomic mass is 10.00. The van der Waals surface area contributed by atoms with Gasteiger partial charge in [0.2, 0.25) is 11.7 Å². The number of nitrogens with one attached hydrogen (secondary N) is 1. The van der Waals surface area contributed by atoms with E-state index in [0.29, 0.717) is 22.9 Å². The quantitative estimate of drug-likeness (QED) is 0.517. The number of rotatable bonds is 10. The van der Waals surface area contributed by atoms with Crippen LogP contribution in [0.25, 0.3) is 0 Å². The Morgan fingerprint density at radius 3 is 2.69 bits per heavy atom. The highest BCUT2D eigenvalue weighted by Gasteiger charge is 2.34. The minimum atomic E-state index is -0.162. The number of nitrogens with zero attached hydrogens (tertiary/aromatic N) is 3. The lowest BCUT2D eigenvalue weighted by Gasteiger charge is -2.22. The largest absolute Gasteiger partial charge is 0.493 e. The van der Waals surface area contributed by atoms with Crippen LogP contribution in [-0.4, -0.2) is 60.0 Å². The number of benzene rings is 1. The van der Waals surface area contributed by atoms with Crippen LogP contribution in [-0.2, 0) is 9.53 Å². The fourth-order valence-electron chi connectivity index (χ4n) is 4.11. The van der Waals surface area contributed by atoms with Gasteiger partial charge < -0.3 is 24.3 Å². The van der Waals surface area contributed by atoms with Gasteiger partial charge in [-0.3, -0.25) is 4.79 Å². The van der Waals surface area contributed by atoms with E-state index in [4.69, 9.17) is 18.9 Å². The van der Waals surface area contributed by atoms with Gasteiger partial charge in [-0.2, -0.15) is 0 Å². The summed E-state index contributed by atoms with van der Waals surface area (Å²) in [6.07, 6.45) is 4.48. The molecule has 190 valence electrons. The summed E-state index contributed by atoms with van der Waals surface area (Å²) in [7, 11) is 3.15. The summed E-state index contributed by atoms with van der Waals surface area (Å²) in [6.45, 7) is 8.12. The van der Waals surface area contributed by atoms with Crippen molar-refractivity contribution in [3.8, 4) is 29.1 Å². The normalized spacial score (nSPS) is 18.9. The predicted molar refractivity (Wildman–Crippen MR) is 132 cm³/mol. The molecule has 35 heavy (non-hydrogen) atoms. The molecule has 2 aromatic rings. The van der Waals surface area contributed by atoms with Gasteiger partial charge in [0.05, 0.1) is 44.6 Å². The SMILES string of the molecule is COc1cccc(OCC#Cc2cn([C@H](C)C[C@@H]3CC[C@H]([C@@H](C)C(=O)NC(C)C)O3)nn2)c1OC. The van der Waals surface area contributed by atoms with Gasteiger partial charge in [0.1, 0.15) is 6.61 Å². The standard InChI is InChI=1S/C26H36N4O5/c1-17(2)27-26(31)19(4)22-13-12-21(35-22)15-18(3)30-16-20(28-29-30)9-8-14-34-24-11-7-10-23(32-5)25(24)33-6/h7,10-11,16-19,21-22H,12-15H2,1-6H3,(H,27,31)/t18-,19-,21+,22-/m1/s1. The molecule has 1 aromatic carbocycles. The molecule has 1 aliphatic heterocycles. The van der Waals surface area contributed by atoms with Gasteiger partial charge in [-0.15, -0.1) is 5.10 Å². The lowest BCUT2D eigenvalue weighted by molar-refractivity contribution is -0.129. The van der Waals surface area contributed by atoms with Crippen LogP contribution in [0, 0.1) is 17.8 Å². The molecule has 1 aromatic heterocycles. The second kappa shape index (κ2) is 12.5. The fraction of sp³-hybridized carbons (Fsp3) is 0.577. The van der Waals surface area contributed by atoms with E-state index in [1.165, 1.54) is 0 Å². The molecule has 3 rings (SSSR count). The van der Waals surface area contributed by atoms with E-state index >= 15 is 0 Å². The molecule has 0 aliphatic carbocycles. The molecule has 1 fully saturated rings. The van der Waals surface area contributed by atoms with Crippen LogP contribution in [0.2, 0.25) is 0 Å². The van der Waals surface area contributed by atoms with E-state index < -0.39 is 0 Å². The van der Waals surface area contributed by atoms with E-state index in [1.54, 1.807) is 26.4 Å². The zero-order valence-corrected chi connectivity index (χ0v) is 21.4. The Balaban J connectivity index is 1.49. The molecule has 1 amide bonds. The van der Waals surface area contributed by atoms with Crippen molar-refractivity contribution < 1.29 is 23.7 Å². The van der Waals surface area contributed by atoms with E-state index in [9.17, 15) is 4.79 Å². The fourth-order valence-corrected chi connectivity index (χ4v) is 4.11. The van der Waals surface area contributed by atoms with Gasteiger partial charge in [-0.05, 0) is 58.1 Å². The molecule has 0 saturated carbocycles. The molecular formula is C26H36N4O5. The maximum Gasteiger partial charge on any atom is 0.225 e. The number of carbonyl (C=O) groups excluding carboxylic acids is 1. The summed E-state index contributed by atoms with van der Waals surface area (Å²) in [6, 6.07) is 5.65. The zero-order valence-electron chi connectivity index (χ0n) is 21.4. The molecule has 1 saturated heterocycles. The summed E-state index contributed by atoms with van der Waals surface area (Å²) in [5.74, 6) is 7.52. The predicted octanol–water partition coefficient (Wildman–Crippen LogP) is 3.39. The minimum Gasteiger partial charge on any atom is -0.493 e. The van der Waals surface area contributed by atoms with Crippen LogP contribution in [0.3, 0.4) is 0 Å². The molecule has 0 bridgehead atoms. The third kappa shape index (κ3) is 7.12. The smallest absolute Gasteiger partial charge is 0.225 e. The number of hydrogen-bond donors (Lipinski definition) is 1. The first kappa shape index (κ1) is 26.4. The van der Waals surface area contributed by atoms with Gasteiger partial charge in [-0.1, -0.05) is 24.1 Å². The van der Waals surface area contributed by atoms with E-state index in [1.807, 2.05) is 37.7 Å². The Kier molecular flexibility index (Phi) is 9.38. The van der Waals surface area contributed by atoms with Crippen molar-refractivity contribution in [3.05, 3.63) is 30.1 Å². The highest BCUT2D eigenvalue weighted by molar-refractivity contribution is 5.79. The monoisotopic (exact) mass is 484 g/mol. The van der Waals surface area contributed by atoms with E-state index in [0.717, 1.165) is 19.3 Å². The van der Waals surface area contributed by atoms with Crippen LogP contribution in [0.15, 0.2) is 24.4 Å². The van der Waals surface area contributed by atoms with Crippen LogP contribution in [0.5, 0.6) is 17.2 Å². The summed E-state index contributed by atoms with van der Waals surface area (Å²) >= 11 is 0. The van der Waals surface area contributed by atoms with Crippen molar-refractivity contribution in [2.75, 3.05) is 20.8 Å². The number of amides is 1. The molecule has 2 heterocycles. The summed E-state index contributed by atoms with van der Waals surface area (Å²) in [5, 5.41) is 11.4. The first-order valence-electron chi connectivity index (χ1n) is 12.0. The average molecular weight is 485 g/mol. The Labute approximate surface area is 207 Å². The van der Waals surface area contributed by atoms with Crippen molar-refractivity contribution in [2.45, 2.75) is 71.2 Å². The van der Waals surface area contributed by atoms with Crippen LogP contribution < -0.4 is 19.5 Å². The Hall–Kier alpha value is -3.25. The number of carbonyl (C=O) groups is 1. The molecule has 0 radical (unpaired) electrons. The third-order valence-electron chi connectivity index (χ3n) is 5.99. The molecule has 1 aliphatic rings. The summed E-state index contributed by atoms with van der Waals surface area (Å²) < 4.78 is 24.4. The van der Waals surface area contributed by atoms with Crippen molar-refractivity contribution in [3.63, 3.8) is 0 Å². The van der Waals surface area contributed by atoms with E-state index in [-0.39, 0.29) is 42.7 Å². The topological polar surface area (TPSA) is 96.7 Å². The average Bonchev–Trinajstić information content (AvgIpc) is 3.50. The van der Waals surface area contributed by atoms with Crippen molar-refractivity contribution in [2.24, 2.45) is 5.92 Å². The van der Waals surface area contributed by atoms with Crippen LogP contribution in [0.1, 0.15) is 58.7 Å². The molecule has 9 nitrogen and oxygen atoms in total. The van der Waals surface area contributed by atoms with E-state index in [2.05, 4.69) is 34.4 Å². The van der Waals surface area contributed by atoms with Crippen molar-refractivity contribution in [1.29, 1.82) is 0 Å². The first-order valence-corrected chi connectivity index (χ1v) is 12.0. The molecule has 0 spiro atoms. The van der Waals surface area contributed by atoms with Gasteiger partial charge in [0.25, 0.3) is 0 Å². The Bertz CT molecular complexity index is 1040. The Morgan fingerprint density at radius 1 is 1.20 bits per heavy atom. The number of methoxy groups -OCH3 is 2. The van der Waals surface area contributed by atoms with Gasteiger partial charge in [0, 0.05) is 6.04 Å². The maximum absolute atomic E-state index is 12.3. The maximum atomic E-state index is 12.3. The highest BCUT2D eigenvalue weighted by Crippen LogP contribution is 2.36. The summed E-state index contributed by atoms with van der Waals surface area (Å²) in [4.78, 5) is 12.3. The zero-order chi connectivity index (χ0) is 25.4. The minimum absolute atomic E-state index is 0.0482. The highest BCUT2D eigenvalue weighted by atomic mass is 16.5. The lowest BCUT2D eigenvalue weighted by Crippen LogP contribution is -2.39. The second-order valence-corrected chi connectivity index (χ2v) is 9.08. The van der Waals surface area contributed by atoms with Crippen molar-refractivity contribution >= 4 is 5.91 Å². The second-order valence-electron chi connectivity index (χ2n) is 9.08. The molecular weight excluding hydrogens is 448 g/mol. The number of aromatic nitrogens is 3. The Morgan fingerprint density at radius 2 is 1.97 bits per heavy atom. The molecule has 0 unspecified atom stereocenters. The summed E-state index contributed by atoms with van der Waals surface area (Å²) in [5.41, 5.74) is 0.572. The van der Waals surface area contributed by atoms with Crippen molar-refractivity contribution in [1.82, 2.24) is 20.3 Å². The third-order valence-corrected chi connectivity index (χ3v) is 5.99. The van der Waals surface area contributed by atoms with Gasteiger partial charge >= 0.3 is 0 Å². The molecule has 4 atom stereocenters. The number of ether oxygens (including phenoxy) is 4. The van der Waals surface area contributed by atoms with Gasteiger partial charge in [0.15, 0.2) is 17.2 Å². The first-order chi connectivity index (χ1) is 16.8. The number of para-hydroxylation sites is 1.